The molecule has 1 heterocycles. The van der Waals surface area contributed by atoms with E-state index in [1.165, 1.54) is 18.4 Å². The summed E-state index contributed by atoms with van der Waals surface area (Å²) in [5, 5.41) is 0. The molecule has 0 radical (unpaired) electrons. The van der Waals surface area contributed by atoms with Crippen molar-refractivity contribution in [3.05, 3.63) is 35.9 Å². The predicted octanol–water partition coefficient (Wildman–Crippen LogP) is 3.67. The zero-order valence-electron chi connectivity index (χ0n) is 14.2. The number of benzene rings is 1. The van der Waals surface area contributed by atoms with Crippen LogP contribution in [0.25, 0.3) is 0 Å². The Bertz CT molecular complexity index is 569. The SMILES string of the molecule is C[C@@H](CS(=O)(=O)C(C)(C)C)[C@H](c1ccccc1)N1CCCC1. The van der Waals surface area contributed by atoms with Crippen LogP contribution in [0.2, 0.25) is 0 Å². The second-order valence-corrected chi connectivity index (χ2v) is 10.3. The van der Waals surface area contributed by atoms with E-state index >= 15 is 0 Å². The van der Waals surface area contributed by atoms with Gasteiger partial charge in [-0.05, 0) is 58.2 Å². The van der Waals surface area contributed by atoms with Crippen LogP contribution in [0.1, 0.15) is 52.1 Å². The molecule has 1 saturated heterocycles. The third-order valence-corrected chi connectivity index (χ3v) is 7.46. The molecular weight excluding hydrogens is 294 g/mol. The highest BCUT2D eigenvalue weighted by atomic mass is 32.2. The molecule has 1 aliphatic heterocycles. The van der Waals surface area contributed by atoms with Crippen molar-refractivity contribution in [2.45, 2.75) is 51.3 Å². The number of rotatable bonds is 5. The van der Waals surface area contributed by atoms with E-state index in [1.807, 2.05) is 18.2 Å². The Balaban J connectivity index is 2.26. The summed E-state index contributed by atoms with van der Waals surface area (Å²) < 4.78 is 24.5. The Labute approximate surface area is 135 Å². The normalized spacial score (nSPS) is 20.0. The Morgan fingerprint density at radius 1 is 1.09 bits per heavy atom. The Morgan fingerprint density at radius 3 is 2.14 bits per heavy atom. The molecule has 0 aliphatic carbocycles. The van der Waals surface area contributed by atoms with Crippen molar-refractivity contribution in [3.8, 4) is 0 Å². The molecular formula is C18H29NO2S. The molecule has 2 atom stereocenters. The van der Waals surface area contributed by atoms with E-state index < -0.39 is 14.6 Å². The average molecular weight is 324 g/mol. The van der Waals surface area contributed by atoms with Crippen LogP contribution < -0.4 is 0 Å². The highest BCUT2D eigenvalue weighted by Crippen LogP contribution is 2.34. The Hall–Kier alpha value is -0.870. The van der Waals surface area contributed by atoms with Gasteiger partial charge in [-0.25, -0.2) is 8.42 Å². The van der Waals surface area contributed by atoms with Gasteiger partial charge in [0.1, 0.15) is 0 Å². The van der Waals surface area contributed by atoms with Crippen molar-refractivity contribution in [1.82, 2.24) is 4.90 Å². The van der Waals surface area contributed by atoms with Crippen LogP contribution in [0.15, 0.2) is 30.3 Å². The fourth-order valence-corrected chi connectivity index (χ4v) is 4.63. The van der Waals surface area contributed by atoms with Gasteiger partial charge in [-0.15, -0.1) is 0 Å². The van der Waals surface area contributed by atoms with Crippen LogP contribution in [0.5, 0.6) is 0 Å². The molecule has 1 aliphatic rings. The first-order chi connectivity index (χ1) is 10.2. The lowest BCUT2D eigenvalue weighted by molar-refractivity contribution is 0.194. The second kappa shape index (κ2) is 6.71. The van der Waals surface area contributed by atoms with Crippen molar-refractivity contribution in [2.75, 3.05) is 18.8 Å². The van der Waals surface area contributed by atoms with E-state index in [4.69, 9.17) is 0 Å². The largest absolute Gasteiger partial charge is 0.296 e. The molecule has 0 amide bonds. The molecule has 22 heavy (non-hydrogen) atoms. The number of hydrogen-bond acceptors (Lipinski definition) is 3. The third kappa shape index (κ3) is 3.90. The molecule has 1 aromatic rings. The van der Waals surface area contributed by atoms with Gasteiger partial charge in [0.2, 0.25) is 0 Å². The van der Waals surface area contributed by atoms with Gasteiger partial charge >= 0.3 is 0 Å². The summed E-state index contributed by atoms with van der Waals surface area (Å²) in [5.74, 6) is 0.330. The molecule has 0 unspecified atom stereocenters. The lowest BCUT2D eigenvalue weighted by Crippen LogP contribution is -2.38. The lowest BCUT2D eigenvalue weighted by Gasteiger charge is -2.34. The molecule has 1 aromatic carbocycles. The summed E-state index contributed by atoms with van der Waals surface area (Å²) in [6.45, 7) is 9.60. The highest BCUT2D eigenvalue weighted by molar-refractivity contribution is 7.92. The number of hydrogen-bond donors (Lipinski definition) is 0. The Kier molecular flexibility index (Phi) is 5.33. The molecule has 4 heteroatoms. The van der Waals surface area contributed by atoms with Crippen molar-refractivity contribution >= 4 is 9.84 Å². The van der Waals surface area contributed by atoms with Gasteiger partial charge in [-0.2, -0.15) is 0 Å². The van der Waals surface area contributed by atoms with Crippen LogP contribution in [-0.4, -0.2) is 36.9 Å². The summed E-state index contributed by atoms with van der Waals surface area (Å²) in [7, 11) is -3.11. The highest BCUT2D eigenvalue weighted by Gasteiger charge is 2.35. The van der Waals surface area contributed by atoms with Crippen molar-refractivity contribution in [2.24, 2.45) is 5.92 Å². The van der Waals surface area contributed by atoms with Crippen LogP contribution in [0.4, 0.5) is 0 Å². The van der Waals surface area contributed by atoms with Crippen molar-refractivity contribution < 1.29 is 8.42 Å². The fourth-order valence-electron chi connectivity index (χ4n) is 3.26. The van der Waals surface area contributed by atoms with E-state index in [2.05, 4.69) is 24.0 Å². The van der Waals surface area contributed by atoms with E-state index in [1.54, 1.807) is 20.8 Å². The number of nitrogens with zero attached hydrogens (tertiary/aromatic N) is 1. The lowest BCUT2D eigenvalue weighted by atomic mass is 9.94. The van der Waals surface area contributed by atoms with E-state index in [0.29, 0.717) is 0 Å². The van der Waals surface area contributed by atoms with Crippen LogP contribution in [0, 0.1) is 5.92 Å². The van der Waals surface area contributed by atoms with Gasteiger partial charge in [0.25, 0.3) is 0 Å². The smallest absolute Gasteiger partial charge is 0.155 e. The monoisotopic (exact) mass is 323 g/mol. The molecule has 0 saturated carbocycles. The minimum Gasteiger partial charge on any atom is -0.296 e. The third-order valence-electron chi connectivity index (χ3n) is 4.63. The molecule has 1 fully saturated rings. The minimum absolute atomic E-state index is 0.0877. The molecule has 0 N–H and O–H groups in total. The van der Waals surface area contributed by atoms with Gasteiger partial charge in [0.15, 0.2) is 9.84 Å². The second-order valence-electron chi connectivity index (χ2n) is 7.47. The molecule has 2 rings (SSSR count). The van der Waals surface area contributed by atoms with Crippen molar-refractivity contribution in [1.29, 1.82) is 0 Å². The molecule has 0 aromatic heterocycles. The summed E-state index contributed by atoms with van der Waals surface area (Å²) >= 11 is 0. The zero-order chi connectivity index (χ0) is 16.4. The van der Waals surface area contributed by atoms with Gasteiger partial charge in [-0.1, -0.05) is 37.3 Å². The summed E-state index contributed by atoms with van der Waals surface area (Å²) in [6.07, 6.45) is 2.42. The molecule has 3 nitrogen and oxygen atoms in total. The molecule has 0 bridgehead atoms. The minimum atomic E-state index is -3.11. The van der Waals surface area contributed by atoms with E-state index in [9.17, 15) is 8.42 Å². The quantitative estimate of drug-likeness (QED) is 0.829. The maximum atomic E-state index is 12.6. The van der Waals surface area contributed by atoms with Crippen LogP contribution in [0.3, 0.4) is 0 Å². The first kappa shape index (κ1) is 17.5. The fraction of sp³-hybridized carbons (Fsp3) is 0.667. The van der Waals surface area contributed by atoms with Crippen molar-refractivity contribution in [3.63, 3.8) is 0 Å². The maximum Gasteiger partial charge on any atom is 0.155 e. The average Bonchev–Trinajstić information content (AvgIpc) is 2.92. The zero-order valence-corrected chi connectivity index (χ0v) is 15.1. The number of likely N-dealkylation sites (tertiary alicyclic amines) is 1. The van der Waals surface area contributed by atoms with Gasteiger partial charge in [0, 0.05) is 6.04 Å². The summed E-state index contributed by atoms with van der Waals surface area (Å²) in [4.78, 5) is 2.46. The van der Waals surface area contributed by atoms with Gasteiger partial charge in [0.05, 0.1) is 10.5 Å². The van der Waals surface area contributed by atoms with Gasteiger partial charge < -0.3 is 0 Å². The van der Waals surface area contributed by atoms with E-state index in [-0.39, 0.29) is 17.7 Å². The summed E-state index contributed by atoms with van der Waals surface area (Å²) in [6, 6.07) is 10.6. The maximum absolute atomic E-state index is 12.6. The van der Waals surface area contributed by atoms with Crippen LogP contribution in [-0.2, 0) is 9.84 Å². The first-order valence-electron chi connectivity index (χ1n) is 8.24. The Morgan fingerprint density at radius 2 is 1.64 bits per heavy atom. The van der Waals surface area contributed by atoms with Crippen LogP contribution >= 0.6 is 0 Å². The van der Waals surface area contributed by atoms with Gasteiger partial charge in [-0.3, -0.25) is 4.90 Å². The molecule has 124 valence electrons. The topological polar surface area (TPSA) is 37.4 Å². The molecule has 0 spiro atoms. The number of sulfone groups is 1. The standard InChI is InChI=1S/C18H29NO2S/c1-15(14-22(20,21)18(2,3)4)17(19-12-8-9-13-19)16-10-6-5-7-11-16/h5-7,10-11,15,17H,8-9,12-14H2,1-4H3/t15-,17+/m0/s1. The predicted molar refractivity (Wildman–Crippen MR) is 92.7 cm³/mol. The summed E-state index contributed by atoms with van der Waals surface area (Å²) in [5.41, 5.74) is 1.24. The van der Waals surface area contributed by atoms with E-state index in [0.717, 1.165) is 13.1 Å². The first-order valence-corrected chi connectivity index (χ1v) is 9.89.